The Bertz CT molecular complexity index is 748. The minimum absolute atomic E-state index is 0.430. The molecule has 0 aromatic heterocycles. The first-order chi connectivity index (χ1) is 12.1. The molecule has 0 aliphatic carbocycles. The minimum Gasteiger partial charge on any atom is -0.492 e. The summed E-state index contributed by atoms with van der Waals surface area (Å²) in [5.74, 6) is 2.74. The van der Waals surface area contributed by atoms with Crippen LogP contribution in [0, 0.1) is 0 Å². The van der Waals surface area contributed by atoms with Gasteiger partial charge < -0.3 is 14.4 Å². The van der Waals surface area contributed by atoms with Crippen LogP contribution in [0.3, 0.4) is 0 Å². The molecule has 2 N–H and O–H groups in total. The van der Waals surface area contributed by atoms with Crippen LogP contribution in [0.25, 0.3) is 0 Å². The first kappa shape index (κ1) is 18.3. The van der Waals surface area contributed by atoms with Crippen LogP contribution in [0.2, 0.25) is 0 Å². The van der Waals surface area contributed by atoms with Crippen molar-refractivity contribution in [3.8, 4) is 5.75 Å². The smallest absolute Gasteiger partial charge is 0.443 e. The fraction of sp³-hybridized carbons (Fsp3) is 0.222. The average molecular weight is 344 g/mol. The van der Waals surface area contributed by atoms with Crippen molar-refractivity contribution in [3.05, 3.63) is 54.1 Å². The molecule has 0 unspecified atom stereocenters. The second-order valence-electron chi connectivity index (χ2n) is 4.96. The molecule has 0 atom stereocenters. The lowest BCUT2D eigenvalue weighted by atomic mass is 10.1. The number of hydrogen-bond acceptors (Lipinski definition) is 7. The van der Waals surface area contributed by atoms with Gasteiger partial charge in [0.15, 0.2) is 0 Å². The van der Waals surface area contributed by atoms with Crippen molar-refractivity contribution in [3.63, 3.8) is 0 Å². The Kier molecular flexibility index (Phi) is 6.36. The maximum atomic E-state index is 11.9. The molecule has 25 heavy (non-hydrogen) atoms. The van der Waals surface area contributed by atoms with Gasteiger partial charge in [0, 0.05) is 0 Å². The number of carbonyl (C=O) groups excluding carboxylic acids is 2. The summed E-state index contributed by atoms with van der Waals surface area (Å²) >= 11 is 0. The van der Waals surface area contributed by atoms with E-state index in [4.69, 9.17) is 15.5 Å². The first-order valence-electron chi connectivity index (χ1n) is 7.85. The molecule has 0 aliphatic heterocycles. The zero-order valence-electron chi connectivity index (χ0n) is 14.1. The van der Waals surface area contributed by atoms with Gasteiger partial charge in [-0.25, -0.2) is 9.59 Å². The third-order valence-electron chi connectivity index (χ3n) is 3.42. The monoisotopic (exact) mass is 344 g/mol. The van der Waals surface area contributed by atoms with Crippen molar-refractivity contribution in [2.75, 3.05) is 11.7 Å². The molecule has 0 amide bonds. The molecule has 0 heterocycles. The van der Waals surface area contributed by atoms with Crippen molar-refractivity contribution < 1.29 is 24.0 Å². The van der Waals surface area contributed by atoms with Crippen molar-refractivity contribution in [2.24, 2.45) is 5.90 Å². The summed E-state index contributed by atoms with van der Waals surface area (Å²) in [5, 5.41) is 1.25. The number of nitrogens with two attached hydrogens (primary N) is 1. The van der Waals surface area contributed by atoms with Crippen LogP contribution in [0.4, 0.5) is 11.4 Å². The maximum Gasteiger partial charge on any atom is 0.443 e. The second-order valence-corrected chi connectivity index (χ2v) is 4.96. The number of hydrogen-bond donors (Lipinski definition) is 1. The van der Waals surface area contributed by atoms with Gasteiger partial charge in [-0.15, -0.1) is 0 Å². The van der Waals surface area contributed by atoms with Crippen molar-refractivity contribution in [1.29, 1.82) is 0 Å². The van der Waals surface area contributed by atoms with Crippen molar-refractivity contribution in [1.82, 2.24) is 0 Å². The molecule has 2 rings (SSSR count). The molecule has 7 heteroatoms. The molecule has 2 aromatic carbocycles. The molecule has 0 saturated heterocycles. The molecule has 0 radical (unpaired) electrons. The van der Waals surface area contributed by atoms with E-state index in [1.54, 1.807) is 36.4 Å². The highest BCUT2D eigenvalue weighted by atomic mass is 16.7. The summed E-state index contributed by atoms with van der Waals surface area (Å²) in [4.78, 5) is 32.5. The lowest BCUT2D eigenvalue weighted by Gasteiger charge is -2.26. The third kappa shape index (κ3) is 4.27. The number of aryl methyl sites for hydroxylation is 1. The van der Waals surface area contributed by atoms with E-state index < -0.39 is 11.9 Å². The topological polar surface area (TPSA) is 91.1 Å². The van der Waals surface area contributed by atoms with Crippen LogP contribution in [0.5, 0.6) is 5.75 Å². The van der Waals surface area contributed by atoms with E-state index >= 15 is 0 Å². The van der Waals surface area contributed by atoms with Gasteiger partial charge in [-0.2, -0.15) is 11.0 Å². The summed E-state index contributed by atoms with van der Waals surface area (Å²) in [6.07, 6.45) is 0.697. The Hall–Kier alpha value is -3.06. The number of para-hydroxylation sites is 3. The van der Waals surface area contributed by atoms with E-state index in [1.165, 1.54) is 5.06 Å². The predicted octanol–water partition coefficient (Wildman–Crippen LogP) is 2.66. The van der Waals surface area contributed by atoms with E-state index in [-0.39, 0.29) is 0 Å². The van der Waals surface area contributed by atoms with Gasteiger partial charge in [0.25, 0.3) is 0 Å². The number of anilines is 2. The maximum absolute atomic E-state index is 11.9. The number of ether oxygens (including phenoxy) is 1. The Morgan fingerprint density at radius 2 is 1.60 bits per heavy atom. The highest BCUT2D eigenvalue weighted by molar-refractivity contribution is 6.29. The Morgan fingerprint density at radius 1 is 0.960 bits per heavy atom. The molecule has 2 aromatic rings. The van der Waals surface area contributed by atoms with E-state index in [2.05, 4.69) is 4.84 Å². The first-order valence-corrected chi connectivity index (χ1v) is 7.85. The summed E-state index contributed by atoms with van der Waals surface area (Å²) in [6, 6.07) is 14.4. The van der Waals surface area contributed by atoms with Gasteiger partial charge in [0.05, 0.1) is 12.3 Å². The molecular formula is C18H20N2O5. The number of rotatable bonds is 6. The fourth-order valence-electron chi connectivity index (χ4n) is 2.31. The zero-order valence-corrected chi connectivity index (χ0v) is 14.1. The van der Waals surface area contributed by atoms with E-state index in [0.29, 0.717) is 30.2 Å². The van der Waals surface area contributed by atoms with Crippen molar-refractivity contribution >= 4 is 23.3 Å². The fourth-order valence-corrected chi connectivity index (χ4v) is 2.31. The molecule has 0 fully saturated rings. The molecule has 132 valence electrons. The normalized spacial score (nSPS) is 10.0. The van der Waals surface area contributed by atoms with Gasteiger partial charge in [0.1, 0.15) is 11.4 Å². The lowest BCUT2D eigenvalue weighted by Crippen LogP contribution is -2.31. The lowest BCUT2D eigenvalue weighted by molar-refractivity contribution is -0.168. The number of nitrogens with zero attached hydrogens (tertiary/aromatic N) is 1. The summed E-state index contributed by atoms with van der Waals surface area (Å²) in [5.41, 5.74) is 2.00. The number of benzene rings is 2. The van der Waals surface area contributed by atoms with E-state index in [1.807, 2.05) is 26.0 Å². The molecule has 0 spiro atoms. The van der Waals surface area contributed by atoms with Gasteiger partial charge in [-0.3, -0.25) is 0 Å². The molecule has 0 bridgehead atoms. The van der Waals surface area contributed by atoms with Crippen LogP contribution in [0.1, 0.15) is 19.4 Å². The van der Waals surface area contributed by atoms with Crippen LogP contribution in [0.15, 0.2) is 48.5 Å². The van der Waals surface area contributed by atoms with Crippen LogP contribution in [-0.2, 0) is 25.7 Å². The second kappa shape index (κ2) is 8.70. The van der Waals surface area contributed by atoms with Crippen LogP contribution < -0.4 is 15.7 Å². The van der Waals surface area contributed by atoms with Gasteiger partial charge in [0.2, 0.25) is 0 Å². The standard InChI is InChI=1S/C18H20N2O5/c1-3-13-9-5-6-10-14(13)20(25-18(22)17(21)24-19)15-11-7-8-12-16(15)23-4-2/h5-12H,3-4,19H2,1-2H3. The Morgan fingerprint density at radius 3 is 2.24 bits per heavy atom. The molecule has 0 aliphatic rings. The largest absolute Gasteiger partial charge is 0.492 e. The van der Waals surface area contributed by atoms with Gasteiger partial charge >= 0.3 is 11.9 Å². The SMILES string of the molecule is CCOc1ccccc1N(OC(=O)C(=O)ON)c1ccccc1CC. The zero-order chi connectivity index (χ0) is 18.2. The summed E-state index contributed by atoms with van der Waals surface area (Å²) < 4.78 is 5.61. The van der Waals surface area contributed by atoms with Crippen LogP contribution in [-0.4, -0.2) is 18.5 Å². The minimum atomic E-state index is -1.30. The van der Waals surface area contributed by atoms with Crippen molar-refractivity contribution in [2.45, 2.75) is 20.3 Å². The Labute approximate surface area is 145 Å². The summed E-state index contributed by atoms with van der Waals surface area (Å²) in [6.45, 7) is 4.25. The number of carbonyl (C=O) groups is 2. The molecule has 7 nitrogen and oxygen atoms in total. The van der Waals surface area contributed by atoms with Gasteiger partial charge in [-0.1, -0.05) is 37.3 Å². The quantitative estimate of drug-likeness (QED) is 0.636. The van der Waals surface area contributed by atoms with E-state index in [0.717, 1.165) is 5.56 Å². The average Bonchev–Trinajstić information content (AvgIpc) is 2.66. The predicted molar refractivity (Wildman–Crippen MR) is 91.9 cm³/mol. The highest BCUT2D eigenvalue weighted by Gasteiger charge is 2.26. The Balaban J connectivity index is 2.53. The highest BCUT2D eigenvalue weighted by Crippen LogP contribution is 2.36. The molecule has 0 saturated carbocycles. The van der Waals surface area contributed by atoms with E-state index in [9.17, 15) is 9.59 Å². The van der Waals surface area contributed by atoms with Gasteiger partial charge in [-0.05, 0) is 37.1 Å². The van der Waals surface area contributed by atoms with Crippen LogP contribution >= 0.6 is 0 Å². The molecular weight excluding hydrogens is 324 g/mol. The third-order valence-corrected chi connectivity index (χ3v) is 3.42. The summed E-state index contributed by atoms with van der Waals surface area (Å²) in [7, 11) is 0.